The molecular formula is C15H17NO2S. The maximum Gasteiger partial charge on any atom is 0.266 e. The van der Waals surface area contributed by atoms with E-state index in [1.54, 1.807) is 17.1 Å². The van der Waals surface area contributed by atoms with E-state index >= 15 is 0 Å². The Morgan fingerprint density at radius 3 is 2.74 bits per heavy atom. The Morgan fingerprint density at radius 1 is 1.42 bits per heavy atom. The second-order valence-corrected chi connectivity index (χ2v) is 5.19. The molecule has 1 aromatic rings. The van der Waals surface area contributed by atoms with Crippen LogP contribution in [0.1, 0.15) is 19.4 Å². The number of hydrogen-bond donors (Lipinski definition) is 0. The number of thiocarbonyl (C=S) groups is 1. The van der Waals surface area contributed by atoms with Crippen LogP contribution in [0.15, 0.2) is 36.4 Å². The molecule has 0 N–H and O–H groups in total. The summed E-state index contributed by atoms with van der Waals surface area (Å²) in [6.45, 7) is 4.60. The minimum atomic E-state index is -0.120. The van der Waals surface area contributed by atoms with Gasteiger partial charge >= 0.3 is 0 Å². The van der Waals surface area contributed by atoms with Gasteiger partial charge in [0.25, 0.3) is 11.1 Å². The van der Waals surface area contributed by atoms with Gasteiger partial charge in [-0.15, -0.1) is 0 Å². The largest absolute Gasteiger partial charge is 0.468 e. The highest BCUT2D eigenvalue weighted by molar-refractivity contribution is 7.80. The van der Waals surface area contributed by atoms with Crippen molar-refractivity contribution in [2.45, 2.75) is 19.9 Å². The van der Waals surface area contributed by atoms with E-state index in [1.165, 1.54) is 0 Å². The molecule has 1 aromatic carbocycles. The van der Waals surface area contributed by atoms with E-state index in [0.717, 1.165) is 5.56 Å². The highest BCUT2D eigenvalue weighted by Gasteiger charge is 2.35. The van der Waals surface area contributed by atoms with E-state index in [9.17, 15) is 4.79 Å². The summed E-state index contributed by atoms with van der Waals surface area (Å²) in [6.07, 6.45) is 3.34. The van der Waals surface area contributed by atoms with Crippen LogP contribution in [-0.4, -0.2) is 28.6 Å². The minimum Gasteiger partial charge on any atom is -0.468 e. The fourth-order valence-corrected chi connectivity index (χ4v) is 2.29. The molecule has 2 rings (SSSR count). The summed E-state index contributed by atoms with van der Waals surface area (Å²) in [6, 6.07) is 9.73. The Balaban J connectivity index is 2.11. The number of benzene rings is 1. The van der Waals surface area contributed by atoms with E-state index in [-0.39, 0.29) is 17.1 Å². The normalized spacial score (nSPS) is 19.2. The van der Waals surface area contributed by atoms with Crippen molar-refractivity contribution >= 4 is 29.4 Å². The van der Waals surface area contributed by atoms with Crippen LogP contribution in [0.25, 0.3) is 6.08 Å². The van der Waals surface area contributed by atoms with Gasteiger partial charge in [0.15, 0.2) is 0 Å². The summed E-state index contributed by atoms with van der Waals surface area (Å²) in [7, 11) is 0. The second-order valence-electron chi connectivity index (χ2n) is 4.84. The molecule has 1 atom stereocenters. The van der Waals surface area contributed by atoms with Gasteiger partial charge in [0.2, 0.25) is 0 Å². The van der Waals surface area contributed by atoms with Crippen LogP contribution < -0.4 is 0 Å². The summed E-state index contributed by atoms with van der Waals surface area (Å²) in [5.74, 6) is 0.194. The van der Waals surface area contributed by atoms with Crippen LogP contribution in [0, 0.1) is 5.92 Å². The monoisotopic (exact) mass is 275 g/mol. The highest BCUT2D eigenvalue weighted by Crippen LogP contribution is 2.20. The predicted molar refractivity (Wildman–Crippen MR) is 79.5 cm³/mol. The van der Waals surface area contributed by atoms with Crippen LogP contribution in [-0.2, 0) is 9.53 Å². The molecule has 0 unspecified atom stereocenters. The Hall–Kier alpha value is -1.68. The lowest BCUT2D eigenvalue weighted by Gasteiger charge is -2.22. The van der Waals surface area contributed by atoms with Gasteiger partial charge in [-0.05, 0) is 29.8 Å². The summed E-state index contributed by atoms with van der Waals surface area (Å²) >= 11 is 5.09. The quantitative estimate of drug-likeness (QED) is 0.627. The fraction of sp³-hybridized carbons (Fsp3) is 0.333. The number of nitrogens with zero attached hydrogens (tertiary/aromatic N) is 1. The number of carbonyl (C=O) groups excluding carboxylic acids is 1. The van der Waals surface area contributed by atoms with Gasteiger partial charge in [-0.2, -0.15) is 0 Å². The topological polar surface area (TPSA) is 29.5 Å². The molecule has 0 spiro atoms. The maximum atomic E-state index is 12.2. The zero-order valence-corrected chi connectivity index (χ0v) is 11.9. The maximum absolute atomic E-state index is 12.2. The molecule has 0 bridgehead atoms. The number of carbonyl (C=O) groups is 1. The lowest BCUT2D eigenvalue weighted by atomic mass is 10.0. The summed E-state index contributed by atoms with van der Waals surface area (Å²) in [5, 5.41) is 0.279. The third kappa shape index (κ3) is 3.20. The molecule has 0 saturated carbocycles. The van der Waals surface area contributed by atoms with Crippen molar-refractivity contribution in [3.8, 4) is 0 Å². The van der Waals surface area contributed by atoms with Crippen molar-refractivity contribution in [2.75, 3.05) is 6.61 Å². The van der Waals surface area contributed by atoms with Gasteiger partial charge in [0, 0.05) is 6.08 Å². The molecule has 3 nitrogen and oxygen atoms in total. The number of amides is 1. The van der Waals surface area contributed by atoms with Gasteiger partial charge in [0.1, 0.15) is 6.61 Å². The Kier molecular flexibility index (Phi) is 4.32. The standard InChI is InChI=1S/C15H17NO2S/c1-11(2)13-10-18-15(19)16(13)14(17)9-8-12-6-4-3-5-7-12/h3-9,11,13H,10H2,1-2H3/b9-8+/t13-/m1/s1. The van der Waals surface area contributed by atoms with Crippen molar-refractivity contribution in [2.24, 2.45) is 5.92 Å². The zero-order valence-electron chi connectivity index (χ0n) is 11.1. The van der Waals surface area contributed by atoms with Gasteiger partial charge in [-0.25, -0.2) is 0 Å². The first-order chi connectivity index (χ1) is 9.09. The molecule has 1 saturated heterocycles. The molecule has 19 heavy (non-hydrogen) atoms. The highest BCUT2D eigenvalue weighted by atomic mass is 32.1. The van der Waals surface area contributed by atoms with Crippen LogP contribution in [0.5, 0.6) is 0 Å². The molecular weight excluding hydrogens is 258 g/mol. The third-order valence-electron chi connectivity index (χ3n) is 3.13. The molecule has 1 fully saturated rings. The first-order valence-corrected chi connectivity index (χ1v) is 6.73. The van der Waals surface area contributed by atoms with Crippen molar-refractivity contribution in [1.82, 2.24) is 4.90 Å². The molecule has 1 aliphatic heterocycles. The van der Waals surface area contributed by atoms with Gasteiger partial charge < -0.3 is 4.74 Å². The van der Waals surface area contributed by atoms with Gasteiger partial charge in [-0.1, -0.05) is 44.2 Å². The second kappa shape index (κ2) is 5.97. The lowest BCUT2D eigenvalue weighted by Crippen LogP contribution is -2.40. The molecule has 0 radical (unpaired) electrons. The van der Waals surface area contributed by atoms with E-state index in [4.69, 9.17) is 17.0 Å². The smallest absolute Gasteiger partial charge is 0.266 e. The van der Waals surface area contributed by atoms with Crippen molar-refractivity contribution in [1.29, 1.82) is 0 Å². The van der Waals surface area contributed by atoms with Crippen LogP contribution in [0.4, 0.5) is 0 Å². The number of hydrogen-bond acceptors (Lipinski definition) is 3. The van der Waals surface area contributed by atoms with E-state index < -0.39 is 0 Å². The molecule has 1 heterocycles. The van der Waals surface area contributed by atoms with E-state index in [0.29, 0.717) is 12.5 Å². The number of rotatable bonds is 3. The summed E-state index contributed by atoms with van der Waals surface area (Å²) < 4.78 is 5.32. The number of ether oxygens (including phenoxy) is 1. The van der Waals surface area contributed by atoms with Gasteiger partial charge in [-0.3, -0.25) is 9.69 Å². The Labute approximate surface area is 118 Å². The first-order valence-electron chi connectivity index (χ1n) is 6.32. The average Bonchev–Trinajstić information content (AvgIpc) is 2.79. The van der Waals surface area contributed by atoms with Crippen molar-refractivity contribution < 1.29 is 9.53 Å². The van der Waals surface area contributed by atoms with Crippen LogP contribution in [0.2, 0.25) is 0 Å². The Bertz CT molecular complexity index is 496. The average molecular weight is 275 g/mol. The summed E-state index contributed by atoms with van der Waals surface area (Å²) in [5.41, 5.74) is 0.989. The van der Waals surface area contributed by atoms with Gasteiger partial charge in [0.05, 0.1) is 6.04 Å². The third-order valence-corrected chi connectivity index (χ3v) is 3.45. The summed E-state index contributed by atoms with van der Waals surface area (Å²) in [4.78, 5) is 13.8. The van der Waals surface area contributed by atoms with Crippen LogP contribution >= 0.6 is 12.2 Å². The molecule has 4 heteroatoms. The molecule has 0 aliphatic carbocycles. The van der Waals surface area contributed by atoms with E-state index in [2.05, 4.69) is 13.8 Å². The molecule has 1 amide bonds. The van der Waals surface area contributed by atoms with Crippen molar-refractivity contribution in [3.63, 3.8) is 0 Å². The minimum absolute atomic E-state index is 0.0282. The Morgan fingerprint density at radius 2 is 2.11 bits per heavy atom. The van der Waals surface area contributed by atoms with Crippen LogP contribution in [0.3, 0.4) is 0 Å². The fourth-order valence-electron chi connectivity index (χ4n) is 1.99. The zero-order chi connectivity index (χ0) is 13.8. The first kappa shape index (κ1) is 13.7. The molecule has 1 aliphatic rings. The SMILES string of the molecule is CC(C)[C@H]1COC(=S)N1C(=O)/C=C/c1ccccc1. The van der Waals surface area contributed by atoms with Crippen molar-refractivity contribution in [3.05, 3.63) is 42.0 Å². The van der Waals surface area contributed by atoms with E-state index in [1.807, 2.05) is 30.3 Å². The lowest BCUT2D eigenvalue weighted by molar-refractivity contribution is -0.123. The molecule has 0 aromatic heterocycles. The predicted octanol–water partition coefficient (Wildman–Crippen LogP) is 2.87. The molecule has 100 valence electrons.